The Bertz CT molecular complexity index is 776. The minimum absolute atomic E-state index is 0.395. The first-order chi connectivity index (χ1) is 12.4. The minimum atomic E-state index is -0.665. The van der Waals surface area contributed by atoms with Gasteiger partial charge in [0.25, 0.3) is 0 Å². The topological polar surface area (TPSA) is 119 Å². The van der Waals surface area contributed by atoms with Crippen LogP contribution in [0.5, 0.6) is 0 Å². The first-order valence-electron chi connectivity index (χ1n) is 8.19. The molecule has 1 aromatic carbocycles. The molecule has 0 aliphatic heterocycles. The molecular formula is C18H24N4O3S. The molecule has 0 saturated heterocycles. The molecule has 0 aliphatic carbocycles. The van der Waals surface area contributed by atoms with E-state index in [1.165, 1.54) is 11.3 Å². The van der Waals surface area contributed by atoms with Crippen LogP contribution in [0.15, 0.2) is 29.6 Å². The molecule has 0 spiro atoms. The summed E-state index contributed by atoms with van der Waals surface area (Å²) in [6.07, 6.45) is 0. The van der Waals surface area contributed by atoms with Crippen LogP contribution in [0.2, 0.25) is 0 Å². The molecule has 0 saturated carbocycles. The second-order valence-electron chi connectivity index (χ2n) is 6.09. The number of anilines is 1. The molecular weight excluding hydrogens is 352 g/mol. The molecule has 2 aromatic rings. The highest BCUT2D eigenvalue weighted by Gasteiger charge is 2.16. The zero-order valence-corrected chi connectivity index (χ0v) is 15.7. The number of rotatable bonds is 9. The van der Waals surface area contributed by atoms with Gasteiger partial charge in [-0.05, 0) is 29.0 Å². The highest BCUT2D eigenvalue weighted by molar-refractivity contribution is 7.14. The number of ether oxygens (including phenoxy) is 1. The van der Waals surface area contributed by atoms with Crippen molar-refractivity contribution in [3.8, 4) is 10.4 Å². The Morgan fingerprint density at radius 3 is 2.69 bits per heavy atom. The Morgan fingerprint density at radius 2 is 2.04 bits per heavy atom. The summed E-state index contributed by atoms with van der Waals surface area (Å²) in [5.74, 6) is -0.115. The van der Waals surface area contributed by atoms with Crippen molar-refractivity contribution in [1.82, 2.24) is 5.32 Å². The van der Waals surface area contributed by atoms with E-state index in [-0.39, 0.29) is 0 Å². The number of carbonyl (C=O) groups excluding carboxylic acids is 2. The lowest BCUT2D eigenvalue weighted by Crippen LogP contribution is -2.24. The fourth-order valence-corrected chi connectivity index (χ4v) is 3.59. The number of amides is 3. The molecule has 26 heavy (non-hydrogen) atoms. The lowest BCUT2D eigenvalue weighted by Gasteiger charge is -2.14. The van der Waals surface area contributed by atoms with Crippen LogP contribution in [0.25, 0.3) is 10.4 Å². The lowest BCUT2D eigenvalue weighted by atomic mass is 10.0. The van der Waals surface area contributed by atoms with Crippen molar-refractivity contribution in [2.75, 3.05) is 25.6 Å². The highest BCUT2D eigenvalue weighted by Crippen LogP contribution is 2.35. The van der Waals surface area contributed by atoms with E-state index in [2.05, 4.69) is 17.6 Å². The van der Waals surface area contributed by atoms with Crippen molar-refractivity contribution in [3.05, 3.63) is 40.8 Å². The quantitative estimate of drug-likeness (QED) is 0.537. The van der Waals surface area contributed by atoms with Crippen LogP contribution < -0.4 is 22.1 Å². The Balaban J connectivity index is 2.23. The van der Waals surface area contributed by atoms with E-state index in [1.807, 2.05) is 18.2 Å². The van der Waals surface area contributed by atoms with E-state index < -0.39 is 11.9 Å². The van der Waals surface area contributed by atoms with Gasteiger partial charge >= 0.3 is 6.03 Å². The highest BCUT2D eigenvalue weighted by atomic mass is 32.1. The fraction of sp³-hybridized carbons (Fsp3) is 0.333. The Kier molecular flexibility index (Phi) is 7.14. The molecule has 0 fully saturated rings. The van der Waals surface area contributed by atoms with Crippen LogP contribution in [-0.2, 0) is 11.3 Å². The number of nitrogens with two attached hydrogens (primary N) is 2. The second-order valence-corrected chi connectivity index (χ2v) is 7.00. The summed E-state index contributed by atoms with van der Waals surface area (Å²) < 4.78 is 5.12. The summed E-state index contributed by atoms with van der Waals surface area (Å²) in [6, 6.07) is 6.66. The van der Waals surface area contributed by atoms with Crippen LogP contribution >= 0.6 is 11.3 Å². The zero-order chi connectivity index (χ0) is 19.1. The second kappa shape index (κ2) is 9.33. The number of carbonyl (C=O) groups is 2. The van der Waals surface area contributed by atoms with Crippen LogP contribution in [0.1, 0.15) is 22.8 Å². The summed E-state index contributed by atoms with van der Waals surface area (Å²) in [5.41, 5.74) is 13.4. The third-order valence-corrected chi connectivity index (χ3v) is 4.74. The third-order valence-electron chi connectivity index (χ3n) is 3.79. The fourth-order valence-electron chi connectivity index (χ4n) is 2.65. The Morgan fingerprint density at radius 1 is 1.27 bits per heavy atom. The molecule has 0 aliphatic rings. The van der Waals surface area contributed by atoms with E-state index >= 15 is 0 Å². The summed E-state index contributed by atoms with van der Waals surface area (Å²) >= 11 is 1.38. The largest absolute Gasteiger partial charge is 0.384 e. The van der Waals surface area contributed by atoms with Crippen molar-refractivity contribution in [3.63, 3.8) is 0 Å². The number of benzene rings is 1. The number of urea groups is 1. The van der Waals surface area contributed by atoms with Crippen molar-refractivity contribution in [2.45, 2.75) is 13.5 Å². The van der Waals surface area contributed by atoms with Gasteiger partial charge in [-0.15, -0.1) is 11.3 Å². The first kappa shape index (κ1) is 19.9. The molecule has 140 valence electrons. The molecule has 0 bridgehead atoms. The lowest BCUT2D eigenvalue weighted by molar-refractivity contribution is 0.100. The Labute approximate surface area is 156 Å². The third kappa shape index (κ3) is 5.29. The van der Waals surface area contributed by atoms with Crippen molar-refractivity contribution >= 4 is 29.0 Å². The Hall–Kier alpha value is -2.42. The first-order valence-corrected chi connectivity index (χ1v) is 9.07. The molecule has 2 rings (SSSR count). The number of methoxy groups -OCH3 is 1. The molecule has 1 unspecified atom stereocenters. The molecule has 6 N–H and O–H groups in total. The van der Waals surface area contributed by atoms with Gasteiger partial charge in [0.2, 0.25) is 5.91 Å². The number of hydrogen-bond acceptors (Lipinski definition) is 5. The van der Waals surface area contributed by atoms with Gasteiger partial charge in [-0.3, -0.25) is 4.79 Å². The smallest absolute Gasteiger partial charge is 0.316 e. The van der Waals surface area contributed by atoms with Crippen LogP contribution in [0.4, 0.5) is 10.5 Å². The molecule has 7 nitrogen and oxygen atoms in total. The number of primary amides is 2. The predicted octanol–water partition coefficient (Wildman–Crippen LogP) is 2.38. The van der Waals surface area contributed by atoms with Crippen LogP contribution in [-0.4, -0.2) is 32.2 Å². The summed E-state index contributed by atoms with van der Waals surface area (Å²) in [4.78, 5) is 23.7. The van der Waals surface area contributed by atoms with E-state index in [0.29, 0.717) is 40.8 Å². The van der Waals surface area contributed by atoms with Gasteiger partial charge in [0, 0.05) is 37.2 Å². The van der Waals surface area contributed by atoms with E-state index in [1.54, 1.807) is 18.6 Å². The maximum atomic E-state index is 11.6. The van der Waals surface area contributed by atoms with Crippen molar-refractivity contribution < 1.29 is 14.3 Å². The number of nitrogens with one attached hydrogen (secondary N) is 2. The maximum absolute atomic E-state index is 11.6. The molecule has 0 radical (unpaired) electrons. The van der Waals surface area contributed by atoms with E-state index in [9.17, 15) is 9.59 Å². The van der Waals surface area contributed by atoms with Gasteiger partial charge in [-0.1, -0.05) is 19.1 Å². The van der Waals surface area contributed by atoms with Gasteiger partial charge in [0.05, 0.1) is 11.3 Å². The number of hydrogen-bond donors (Lipinski definition) is 4. The van der Waals surface area contributed by atoms with Gasteiger partial charge in [-0.25, -0.2) is 4.79 Å². The van der Waals surface area contributed by atoms with E-state index in [4.69, 9.17) is 16.2 Å². The average molecular weight is 376 g/mol. The zero-order valence-electron chi connectivity index (χ0n) is 14.9. The summed E-state index contributed by atoms with van der Waals surface area (Å²) in [5, 5.41) is 7.78. The van der Waals surface area contributed by atoms with Crippen LogP contribution in [0.3, 0.4) is 0 Å². The normalized spacial score (nSPS) is 11.9. The molecule has 8 heteroatoms. The molecule has 1 heterocycles. The maximum Gasteiger partial charge on any atom is 0.316 e. The van der Waals surface area contributed by atoms with Gasteiger partial charge in [0.15, 0.2) is 0 Å². The standard InChI is InChI=1S/C18H24N4O3S/c1-11(10-25-2)8-21-9-12-3-4-13(15(7-12)22-18(20)24)16-14(17(19)23)5-6-26-16/h3-7,11,21H,8-10H2,1-2H3,(H2,19,23)(H3,20,22,24). The molecule has 3 amide bonds. The average Bonchev–Trinajstić information content (AvgIpc) is 3.04. The molecule has 1 aromatic heterocycles. The summed E-state index contributed by atoms with van der Waals surface area (Å²) in [6.45, 7) is 4.23. The van der Waals surface area contributed by atoms with Crippen molar-refractivity contribution in [1.29, 1.82) is 0 Å². The SMILES string of the molecule is COCC(C)CNCc1ccc(-c2sccc2C(N)=O)c(NC(N)=O)c1. The van der Waals surface area contributed by atoms with Crippen LogP contribution in [0, 0.1) is 5.92 Å². The number of thiophene rings is 1. The van der Waals surface area contributed by atoms with E-state index in [0.717, 1.165) is 12.1 Å². The monoisotopic (exact) mass is 376 g/mol. The van der Waals surface area contributed by atoms with Gasteiger partial charge < -0.3 is 26.8 Å². The van der Waals surface area contributed by atoms with Gasteiger partial charge in [0.1, 0.15) is 0 Å². The van der Waals surface area contributed by atoms with Crippen molar-refractivity contribution in [2.24, 2.45) is 17.4 Å². The summed E-state index contributed by atoms with van der Waals surface area (Å²) in [7, 11) is 1.68. The molecule has 1 atom stereocenters. The predicted molar refractivity (Wildman–Crippen MR) is 104 cm³/mol. The minimum Gasteiger partial charge on any atom is -0.384 e. The van der Waals surface area contributed by atoms with Gasteiger partial charge in [-0.2, -0.15) is 0 Å².